The van der Waals surface area contributed by atoms with E-state index in [-0.39, 0.29) is 6.04 Å². The lowest BCUT2D eigenvalue weighted by Crippen LogP contribution is -2.14. The van der Waals surface area contributed by atoms with Crippen molar-refractivity contribution in [3.63, 3.8) is 0 Å². The van der Waals surface area contributed by atoms with Crippen molar-refractivity contribution < 1.29 is 13.2 Å². The lowest BCUT2D eigenvalue weighted by Gasteiger charge is -2.12. The molecule has 1 aromatic heterocycles. The van der Waals surface area contributed by atoms with E-state index >= 15 is 0 Å². The van der Waals surface area contributed by atoms with Crippen LogP contribution in [0.2, 0.25) is 0 Å². The number of halogens is 3. The Morgan fingerprint density at radius 3 is 2.73 bits per heavy atom. The van der Waals surface area contributed by atoms with Crippen molar-refractivity contribution in [2.75, 3.05) is 6.54 Å². The Kier molecular flexibility index (Phi) is 2.65. The minimum atomic E-state index is -4.30. The van der Waals surface area contributed by atoms with Crippen molar-refractivity contribution in [1.29, 1.82) is 0 Å². The monoisotopic (exact) mass is 216 g/mol. The number of rotatable bonds is 1. The van der Waals surface area contributed by atoms with Crippen LogP contribution < -0.4 is 5.32 Å². The van der Waals surface area contributed by atoms with E-state index in [9.17, 15) is 13.2 Å². The maximum Gasteiger partial charge on any atom is 0.417 e. The predicted octanol–water partition coefficient (Wildman–Crippen LogP) is 2.52. The van der Waals surface area contributed by atoms with Crippen molar-refractivity contribution in [2.45, 2.75) is 25.1 Å². The van der Waals surface area contributed by atoms with Crippen molar-refractivity contribution >= 4 is 0 Å². The van der Waals surface area contributed by atoms with Crippen molar-refractivity contribution in [2.24, 2.45) is 0 Å². The smallest absolute Gasteiger partial charge is 0.310 e. The van der Waals surface area contributed by atoms with Gasteiger partial charge in [-0.25, -0.2) is 0 Å². The van der Waals surface area contributed by atoms with Gasteiger partial charge in [0.25, 0.3) is 0 Å². The van der Waals surface area contributed by atoms with Crippen LogP contribution in [-0.2, 0) is 6.18 Å². The normalized spacial score (nSPS) is 21.9. The summed E-state index contributed by atoms with van der Waals surface area (Å²) in [7, 11) is 0. The van der Waals surface area contributed by atoms with Crippen LogP contribution >= 0.6 is 0 Å². The number of aromatic nitrogens is 1. The van der Waals surface area contributed by atoms with E-state index in [2.05, 4.69) is 10.3 Å². The first kappa shape index (κ1) is 10.4. The van der Waals surface area contributed by atoms with Crippen molar-refractivity contribution in [3.05, 3.63) is 29.6 Å². The molecule has 1 aromatic rings. The fraction of sp³-hybridized carbons (Fsp3) is 0.500. The molecule has 0 saturated carbocycles. The third-order valence-electron chi connectivity index (χ3n) is 2.55. The summed E-state index contributed by atoms with van der Waals surface area (Å²) in [6, 6.07) is 1.20. The summed E-state index contributed by atoms with van der Waals surface area (Å²) in [4.78, 5) is 3.64. The van der Waals surface area contributed by atoms with Crippen molar-refractivity contribution in [3.8, 4) is 0 Å². The van der Waals surface area contributed by atoms with Gasteiger partial charge in [-0.15, -0.1) is 0 Å². The van der Waals surface area contributed by atoms with E-state index in [1.54, 1.807) is 0 Å². The number of pyridine rings is 1. The van der Waals surface area contributed by atoms with Gasteiger partial charge >= 0.3 is 6.18 Å². The van der Waals surface area contributed by atoms with Gasteiger partial charge in [0, 0.05) is 18.4 Å². The molecular weight excluding hydrogens is 205 g/mol. The highest BCUT2D eigenvalue weighted by Gasteiger charge is 2.31. The average Bonchev–Trinajstić information content (AvgIpc) is 2.69. The van der Waals surface area contributed by atoms with E-state index in [1.165, 1.54) is 12.3 Å². The van der Waals surface area contributed by atoms with E-state index in [0.29, 0.717) is 5.56 Å². The van der Waals surface area contributed by atoms with Crippen molar-refractivity contribution in [1.82, 2.24) is 10.3 Å². The summed E-state index contributed by atoms with van der Waals surface area (Å²) < 4.78 is 37.2. The first-order valence-corrected chi connectivity index (χ1v) is 4.83. The molecule has 5 heteroatoms. The Hall–Kier alpha value is -1.10. The number of nitrogens with one attached hydrogen (secondary N) is 1. The SMILES string of the molecule is FC(F)(F)c1cncc(C2CCCN2)c1. The average molecular weight is 216 g/mol. The third-order valence-corrected chi connectivity index (χ3v) is 2.55. The molecule has 1 fully saturated rings. The molecule has 1 saturated heterocycles. The van der Waals surface area contributed by atoms with Gasteiger partial charge in [0.05, 0.1) is 5.56 Å². The Morgan fingerprint density at radius 2 is 2.13 bits per heavy atom. The van der Waals surface area contributed by atoms with Gasteiger partial charge in [0.2, 0.25) is 0 Å². The maximum absolute atomic E-state index is 12.4. The first-order chi connectivity index (χ1) is 7.07. The molecule has 0 aliphatic carbocycles. The highest BCUT2D eigenvalue weighted by Crippen LogP contribution is 2.31. The fourth-order valence-electron chi connectivity index (χ4n) is 1.77. The predicted molar refractivity (Wildman–Crippen MR) is 49.2 cm³/mol. The fourth-order valence-corrected chi connectivity index (χ4v) is 1.77. The zero-order valence-corrected chi connectivity index (χ0v) is 8.01. The molecule has 1 unspecified atom stereocenters. The quantitative estimate of drug-likeness (QED) is 0.780. The van der Waals surface area contributed by atoms with Gasteiger partial charge in [-0.2, -0.15) is 13.2 Å². The summed E-state index contributed by atoms with van der Waals surface area (Å²) in [5, 5.41) is 3.14. The molecule has 2 heterocycles. The van der Waals surface area contributed by atoms with Crippen LogP contribution in [0.15, 0.2) is 18.5 Å². The molecule has 1 atom stereocenters. The molecule has 15 heavy (non-hydrogen) atoms. The molecule has 1 aliphatic heterocycles. The Labute approximate surface area is 85.5 Å². The molecule has 0 bridgehead atoms. The van der Waals surface area contributed by atoms with Gasteiger partial charge in [0.1, 0.15) is 0 Å². The number of hydrogen-bond acceptors (Lipinski definition) is 2. The molecular formula is C10H11F3N2. The molecule has 1 aliphatic rings. The number of alkyl halides is 3. The van der Waals surface area contributed by atoms with Crippen LogP contribution in [0, 0.1) is 0 Å². The second-order valence-electron chi connectivity index (χ2n) is 3.65. The summed E-state index contributed by atoms with van der Waals surface area (Å²) in [5.74, 6) is 0. The van der Waals surface area contributed by atoms with E-state index in [1.807, 2.05) is 0 Å². The van der Waals surface area contributed by atoms with E-state index < -0.39 is 11.7 Å². The molecule has 0 amide bonds. The molecule has 0 aromatic carbocycles. The van der Waals surface area contributed by atoms with Gasteiger partial charge in [-0.05, 0) is 31.0 Å². The lowest BCUT2D eigenvalue weighted by atomic mass is 10.1. The van der Waals surface area contributed by atoms with Crippen LogP contribution in [-0.4, -0.2) is 11.5 Å². The second kappa shape index (κ2) is 3.81. The van der Waals surface area contributed by atoms with Crippen LogP contribution in [0.4, 0.5) is 13.2 Å². The summed E-state index contributed by atoms with van der Waals surface area (Å²) in [6.07, 6.45) is -0.0673. The summed E-state index contributed by atoms with van der Waals surface area (Å²) >= 11 is 0. The molecule has 2 nitrogen and oxygen atoms in total. The van der Waals surface area contributed by atoms with Gasteiger partial charge in [-0.1, -0.05) is 0 Å². The zero-order valence-electron chi connectivity index (χ0n) is 8.01. The maximum atomic E-state index is 12.4. The van der Waals surface area contributed by atoms with Gasteiger partial charge in [0.15, 0.2) is 0 Å². The summed E-state index contributed by atoms with van der Waals surface area (Å²) in [5.41, 5.74) is -0.0453. The zero-order chi connectivity index (χ0) is 10.9. The second-order valence-corrected chi connectivity index (χ2v) is 3.65. The van der Waals surface area contributed by atoms with Gasteiger partial charge in [-0.3, -0.25) is 4.98 Å². The van der Waals surface area contributed by atoms with Crippen LogP contribution in [0.5, 0.6) is 0 Å². The molecule has 0 spiro atoms. The van der Waals surface area contributed by atoms with Gasteiger partial charge < -0.3 is 5.32 Å². The molecule has 1 N–H and O–H groups in total. The molecule has 0 radical (unpaired) electrons. The van der Waals surface area contributed by atoms with E-state index in [0.717, 1.165) is 25.6 Å². The molecule has 2 rings (SSSR count). The first-order valence-electron chi connectivity index (χ1n) is 4.83. The van der Waals surface area contributed by atoms with Crippen LogP contribution in [0.25, 0.3) is 0 Å². The minimum Gasteiger partial charge on any atom is -0.310 e. The highest BCUT2D eigenvalue weighted by molar-refractivity contribution is 5.23. The number of hydrogen-bond donors (Lipinski definition) is 1. The topological polar surface area (TPSA) is 24.9 Å². The Morgan fingerprint density at radius 1 is 1.33 bits per heavy atom. The Bertz CT molecular complexity index is 343. The van der Waals surface area contributed by atoms with E-state index in [4.69, 9.17) is 0 Å². The third kappa shape index (κ3) is 2.28. The minimum absolute atomic E-state index is 0.0276. The van der Waals surface area contributed by atoms with Crippen LogP contribution in [0.1, 0.15) is 30.0 Å². The number of nitrogens with zero attached hydrogens (tertiary/aromatic N) is 1. The van der Waals surface area contributed by atoms with Crippen LogP contribution in [0.3, 0.4) is 0 Å². The largest absolute Gasteiger partial charge is 0.417 e. The summed E-state index contributed by atoms with van der Waals surface area (Å²) in [6.45, 7) is 0.862. The standard InChI is InChI=1S/C10H11F3N2/c11-10(12,13)8-4-7(5-14-6-8)9-2-1-3-15-9/h4-6,9,15H,1-3H2. The molecule has 82 valence electrons. The lowest BCUT2D eigenvalue weighted by molar-refractivity contribution is -0.137. The highest BCUT2D eigenvalue weighted by atomic mass is 19.4. The Balaban J connectivity index is 2.26.